The Kier molecular flexibility index (Phi) is 3.89. The average Bonchev–Trinajstić information content (AvgIpc) is 2.54. The normalized spacial score (nSPS) is 10.0. The van der Waals surface area contributed by atoms with E-state index in [-0.39, 0.29) is 5.97 Å². The number of nitrogens with zero attached hydrogens (tertiary/aromatic N) is 1. The monoisotopic (exact) mass is 199 g/mol. The molecule has 0 aliphatic rings. The summed E-state index contributed by atoms with van der Waals surface area (Å²) in [7, 11) is 0. The largest absolute Gasteiger partial charge is 0.461 e. The topological polar surface area (TPSA) is 39.2 Å². The molecule has 0 fully saturated rings. The molecule has 0 unspecified atom stereocenters. The molecule has 1 aromatic rings. The highest BCUT2D eigenvalue weighted by Crippen LogP contribution is 2.16. The quantitative estimate of drug-likeness (QED) is 0.698. The molecule has 0 radical (unpaired) electrons. The highest BCUT2D eigenvalue weighted by Gasteiger charge is 2.14. The Bertz CT molecular complexity index is 283. The van der Waals surface area contributed by atoms with Gasteiger partial charge >= 0.3 is 5.97 Å². The van der Waals surface area contributed by atoms with Gasteiger partial charge in [0.25, 0.3) is 0 Å². The van der Waals surface area contributed by atoms with Gasteiger partial charge in [0, 0.05) is 4.88 Å². The van der Waals surface area contributed by atoms with E-state index in [1.165, 1.54) is 11.3 Å². The Morgan fingerprint density at radius 1 is 1.62 bits per heavy atom. The third-order valence-corrected chi connectivity index (χ3v) is 2.48. The number of carbonyl (C=O) groups is 1. The van der Waals surface area contributed by atoms with Gasteiger partial charge in [0.05, 0.1) is 12.1 Å². The minimum atomic E-state index is -0.299. The van der Waals surface area contributed by atoms with Gasteiger partial charge in [-0.15, -0.1) is 11.3 Å². The van der Waals surface area contributed by atoms with Gasteiger partial charge in [-0.1, -0.05) is 13.3 Å². The van der Waals surface area contributed by atoms with E-state index in [0.717, 1.165) is 17.7 Å². The second-order valence-electron chi connectivity index (χ2n) is 2.59. The maximum Gasteiger partial charge on any atom is 0.358 e. The van der Waals surface area contributed by atoms with Crippen molar-refractivity contribution in [2.24, 2.45) is 0 Å². The van der Waals surface area contributed by atoms with Gasteiger partial charge in [0.1, 0.15) is 0 Å². The molecule has 1 rings (SSSR count). The lowest BCUT2D eigenvalue weighted by molar-refractivity contribution is 0.0519. The smallest absolute Gasteiger partial charge is 0.358 e. The van der Waals surface area contributed by atoms with Crippen molar-refractivity contribution in [2.45, 2.75) is 26.7 Å². The number of hydrogen-bond donors (Lipinski definition) is 0. The fourth-order valence-corrected chi connectivity index (χ4v) is 1.90. The van der Waals surface area contributed by atoms with Crippen molar-refractivity contribution in [1.29, 1.82) is 0 Å². The third kappa shape index (κ3) is 2.52. The summed E-state index contributed by atoms with van der Waals surface area (Å²) in [4.78, 5) is 16.3. The maximum atomic E-state index is 11.3. The van der Waals surface area contributed by atoms with E-state index in [1.807, 2.05) is 0 Å². The van der Waals surface area contributed by atoms with Crippen molar-refractivity contribution in [3.63, 3.8) is 0 Å². The molecule has 0 saturated heterocycles. The van der Waals surface area contributed by atoms with E-state index in [0.29, 0.717) is 12.3 Å². The predicted molar refractivity (Wildman–Crippen MR) is 52.1 cm³/mol. The highest BCUT2D eigenvalue weighted by molar-refractivity contribution is 7.09. The van der Waals surface area contributed by atoms with Crippen molar-refractivity contribution in [3.05, 3.63) is 16.1 Å². The zero-order valence-corrected chi connectivity index (χ0v) is 8.69. The molecule has 0 aliphatic heterocycles. The molecule has 3 nitrogen and oxygen atoms in total. The second-order valence-corrected chi connectivity index (χ2v) is 3.53. The third-order valence-electron chi connectivity index (χ3n) is 1.59. The summed E-state index contributed by atoms with van der Waals surface area (Å²) in [5.74, 6) is -0.299. The van der Waals surface area contributed by atoms with Crippen LogP contribution in [0.5, 0.6) is 0 Å². The number of aromatic nitrogens is 1. The van der Waals surface area contributed by atoms with E-state index in [9.17, 15) is 4.79 Å². The summed E-state index contributed by atoms with van der Waals surface area (Å²) in [5.41, 5.74) is 2.19. The van der Waals surface area contributed by atoms with Crippen molar-refractivity contribution in [3.8, 4) is 0 Å². The number of carbonyl (C=O) groups excluding carboxylic acids is 1. The number of hydrogen-bond acceptors (Lipinski definition) is 4. The van der Waals surface area contributed by atoms with E-state index in [4.69, 9.17) is 4.74 Å². The fourth-order valence-electron chi connectivity index (χ4n) is 1.04. The SMILES string of the molecule is CCCc1scnc1C(=O)OCC. The maximum absolute atomic E-state index is 11.3. The second kappa shape index (κ2) is 4.97. The lowest BCUT2D eigenvalue weighted by Crippen LogP contribution is -2.07. The molecule has 0 N–H and O–H groups in total. The molecular formula is C9H13NO2S. The highest BCUT2D eigenvalue weighted by atomic mass is 32.1. The van der Waals surface area contributed by atoms with Crippen molar-refractivity contribution >= 4 is 17.3 Å². The van der Waals surface area contributed by atoms with Crippen molar-refractivity contribution in [1.82, 2.24) is 4.98 Å². The lowest BCUT2D eigenvalue weighted by Gasteiger charge is -2.00. The Hall–Kier alpha value is -0.900. The number of thiazole rings is 1. The van der Waals surface area contributed by atoms with Crippen LogP contribution in [0.25, 0.3) is 0 Å². The molecule has 13 heavy (non-hydrogen) atoms. The first-order valence-corrected chi connectivity index (χ1v) is 5.27. The number of rotatable bonds is 4. The van der Waals surface area contributed by atoms with Crippen LogP contribution in [0.1, 0.15) is 35.6 Å². The molecule has 1 aromatic heterocycles. The van der Waals surface area contributed by atoms with Crippen LogP contribution in [0, 0.1) is 0 Å². The molecule has 4 heteroatoms. The Labute approximate surface area is 81.8 Å². The van der Waals surface area contributed by atoms with Gasteiger partial charge in [-0.25, -0.2) is 9.78 Å². The molecule has 0 aromatic carbocycles. The minimum absolute atomic E-state index is 0.299. The molecule has 0 atom stereocenters. The number of aryl methyl sites for hydroxylation is 1. The van der Waals surface area contributed by atoms with E-state index < -0.39 is 0 Å². The van der Waals surface area contributed by atoms with Crippen LogP contribution in [0.2, 0.25) is 0 Å². The number of esters is 1. The van der Waals surface area contributed by atoms with Crippen LogP contribution in [-0.2, 0) is 11.2 Å². The van der Waals surface area contributed by atoms with Crippen LogP contribution in [0.15, 0.2) is 5.51 Å². The zero-order valence-electron chi connectivity index (χ0n) is 7.87. The lowest BCUT2D eigenvalue weighted by atomic mass is 10.2. The Morgan fingerprint density at radius 3 is 3.00 bits per heavy atom. The molecule has 72 valence electrons. The summed E-state index contributed by atoms with van der Waals surface area (Å²) >= 11 is 1.52. The van der Waals surface area contributed by atoms with Gasteiger partial charge in [0.2, 0.25) is 0 Å². The molecule has 1 heterocycles. The molecule has 0 amide bonds. The molecular weight excluding hydrogens is 186 g/mol. The Balaban J connectivity index is 2.74. The summed E-state index contributed by atoms with van der Waals surface area (Å²) in [6, 6.07) is 0. The average molecular weight is 199 g/mol. The van der Waals surface area contributed by atoms with Gasteiger partial charge < -0.3 is 4.74 Å². The van der Waals surface area contributed by atoms with E-state index >= 15 is 0 Å². The molecule has 0 aliphatic carbocycles. The van der Waals surface area contributed by atoms with Gasteiger partial charge in [-0.2, -0.15) is 0 Å². The predicted octanol–water partition coefficient (Wildman–Crippen LogP) is 2.27. The first-order chi connectivity index (χ1) is 6.29. The zero-order chi connectivity index (χ0) is 9.68. The summed E-state index contributed by atoms with van der Waals surface area (Å²) in [6.07, 6.45) is 1.92. The first-order valence-electron chi connectivity index (χ1n) is 4.39. The summed E-state index contributed by atoms with van der Waals surface area (Å²) in [6.45, 7) is 4.28. The molecule has 0 bridgehead atoms. The summed E-state index contributed by atoms with van der Waals surface area (Å²) < 4.78 is 4.88. The minimum Gasteiger partial charge on any atom is -0.461 e. The first kappa shape index (κ1) is 10.2. The van der Waals surface area contributed by atoms with Crippen LogP contribution in [0.3, 0.4) is 0 Å². The molecule has 0 spiro atoms. The molecule has 0 saturated carbocycles. The fraction of sp³-hybridized carbons (Fsp3) is 0.556. The standard InChI is InChI=1S/C9H13NO2S/c1-3-5-7-8(10-6-13-7)9(11)12-4-2/h6H,3-5H2,1-2H3. The van der Waals surface area contributed by atoms with Crippen molar-refractivity contribution in [2.75, 3.05) is 6.61 Å². The van der Waals surface area contributed by atoms with Crippen LogP contribution < -0.4 is 0 Å². The number of ether oxygens (including phenoxy) is 1. The van der Waals surface area contributed by atoms with Crippen LogP contribution >= 0.6 is 11.3 Å². The van der Waals surface area contributed by atoms with E-state index in [2.05, 4.69) is 11.9 Å². The van der Waals surface area contributed by atoms with Gasteiger partial charge in [-0.05, 0) is 13.3 Å². The van der Waals surface area contributed by atoms with Crippen LogP contribution in [-0.4, -0.2) is 17.6 Å². The van der Waals surface area contributed by atoms with Crippen molar-refractivity contribution < 1.29 is 9.53 Å². The Morgan fingerprint density at radius 2 is 2.38 bits per heavy atom. The van der Waals surface area contributed by atoms with Gasteiger partial charge in [0.15, 0.2) is 5.69 Å². The van der Waals surface area contributed by atoms with Gasteiger partial charge in [-0.3, -0.25) is 0 Å². The summed E-state index contributed by atoms with van der Waals surface area (Å²) in [5, 5.41) is 0. The van der Waals surface area contributed by atoms with Crippen LogP contribution in [0.4, 0.5) is 0 Å². The van der Waals surface area contributed by atoms with E-state index in [1.54, 1.807) is 12.4 Å².